The quantitative estimate of drug-likeness (QED) is 0.869. The van der Waals surface area contributed by atoms with Crippen molar-refractivity contribution >= 4 is 5.97 Å². The van der Waals surface area contributed by atoms with Crippen molar-refractivity contribution < 1.29 is 41.0 Å². The van der Waals surface area contributed by atoms with Gasteiger partial charge in [0.15, 0.2) is 18.1 Å². The summed E-state index contributed by atoms with van der Waals surface area (Å²) >= 11 is 0. The number of alkyl halides is 6. The molecule has 1 rings (SSSR count). The van der Waals surface area contributed by atoms with Crippen molar-refractivity contribution in [1.29, 1.82) is 0 Å². The summed E-state index contributed by atoms with van der Waals surface area (Å²) in [5, 5.41) is 8.58. The summed E-state index contributed by atoms with van der Waals surface area (Å²) in [6.07, 6.45) is -9.49. The molecular weight excluding hydrogens is 284 g/mol. The highest BCUT2D eigenvalue weighted by Gasteiger charge is 2.34. The number of aromatic carboxylic acids is 1. The molecule has 106 valence electrons. The van der Waals surface area contributed by atoms with Crippen molar-refractivity contribution in [3.05, 3.63) is 23.5 Å². The molecular formula is C9H5F6NO3. The topological polar surface area (TPSA) is 59.4 Å². The minimum atomic E-state index is -4.87. The van der Waals surface area contributed by atoms with Crippen molar-refractivity contribution in [1.82, 2.24) is 4.98 Å². The molecule has 0 amide bonds. The average molecular weight is 289 g/mol. The summed E-state index contributed by atoms with van der Waals surface area (Å²) in [5.74, 6) is -2.90. The molecule has 1 heterocycles. The Morgan fingerprint density at radius 3 is 2.26 bits per heavy atom. The van der Waals surface area contributed by atoms with E-state index in [1.807, 2.05) is 0 Å². The summed E-state index contributed by atoms with van der Waals surface area (Å²) < 4.78 is 76.6. The first-order valence-electron chi connectivity index (χ1n) is 4.51. The number of pyridine rings is 1. The van der Waals surface area contributed by atoms with E-state index in [0.717, 1.165) is 0 Å². The van der Waals surface area contributed by atoms with Crippen molar-refractivity contribution in [3.63, 3.8) is 0 Å². The Labute approximate surface area is 101 Å². The largest absolute Gasteiger partial charge is 0.482 e. The Kier molecular flexibility index (Phi) is 3.91. The van der Waals surface area contributed by atoms with Gasteiger partial charge in [0.1, 0.15) is 0 Å². The number of halogens is 6. The van der Waals surface area contributed by atoms with E-state index in [9.17, 15) is 31.1 Å². The lowest BCUT2D eigenvalue weighted by molar-refractivity contribution is -0.153. The zero-order chi connectivity index (χ0) is 14.8. The first-order chi connectivity index (χ1) is 8.50. The van der Waals surface area contributed by atoms with Gasteiger partial charge in [-0.05, 0) is 6.07 Å². The Balaban J connectivity index is 3.13. The summed E-state index contributed by atoms with van der Waals surface area (Å²) in [6.45, 7) is -1.92. The van der Waals surface area contributed by atoms with Gasteiger partial charge in [-0.1, -0.05) is 0 Å². The van der Waals surface area contributed by atoms with Gasteiger partial charge in [0, 0.05) is 6.20 Å². The molecule has 0 saturated carbocycles. The highest BCUT2D eigenvalue weighted by molar-refractivity contribution is 5.88. The Morgan fingerprint density at radius 2 is 1.84 bits per heavy atom. The number of carboxylic acids is 1. The van der Waals surface area contributed by atoms with Crippen LogP contribution >= 0.6 is 0 Å². The van der Waals surface area contributed by atoms with E-state index in [4.69, 9.17) is 5.11 Å². The molecule has 10 heteroatoms. The lowest BCUT2D eigenvalue weighted by Crippen LogP contribution is -2.21. The first kappa shape index (κ1) is 15.1. The zero-order valence-electron chi connectivity index (χ0n) is 8.84. The monoisotopic (exact) mass is 289 g/mol. The summed E-state index contributed by atoms with van der Waals surface area (Å²) in [5.41, 5.74) is -2.44. The fourth-order valence-electron chi connectivity index (χ4n) is 1.03. The number of ether oxygens (including phenoxy) is 1. The van der Waals surface area contributed by atoms with Crippen LogP contribution in [-0.4, -0.2) is 28.8 Å². The molecule has 0 bridgehead atoms. The Hall–Kier alpha value is -2.00. The van der Waals surface area contributed by atoms with Crippen LogP contribution in [0.5, 0.6) is 5.75 Å². The van der Waals surface area contributed by atoms with Crippen LogP contribution in [0, 0.1) is 0 Å². The van der Waals surface area contributed by atoms with Gasteiger partial charge in [-0.3, -0.25) is 0 Å². The molecule has 0 atom stereocenters. The first-order valence-corrected chi connectivity index (χ1v) is 4.51. The number of carbonyl (C=O) groups is 1. The summed E-state index contributed by atoms with van der Waals surface area (Å²) in [7, 11) is 0. The molecule has 0 aromatic carbocycles. The Morgan fingerprint density at radius 1 is 1.26 bits per heavy atom. The Bertz CT molecular complexity index is 482. The molecule has 1 aromatic heterocycles. The van der Waals surface area contributed by atoms with E-state index in [0.29, 0.717) is 0 Å². The number of nitrogens with zero attached hydrogens (tertiary/aromatic N) is 1. The van der Waals surface area contributed by atoms with Crippen molar-refractivity contribution in [2.75, 3.05) is 6.61 Å². The number of rotatable bonds is 3. The van der Waals surface area contributed by atoms with Crippen LogP contribution in [-0.2, 0) is 6.18 Å². The number of hydrogen-bond acceptors (Lipinski definition) is 3. The van der Waals surface area contributed by atoms with Gasteiger partial charge in [0.25, 0.3) is 0 Å². The SMILES string of the molecule is O=C(O)c1ncc(C(F)(F)F)cc1OCC(F)(F)F. The average Bonchev–Trinajstić information content (AvgIpc) is 2.23. The van der Waals surface area contributed by atoms with Gasteiger partial charge < -0.3 is 9.84 Å². The highest BCUT2D eigenvalue weighted by Crippen LogP contribution is 2.32. The minimum Gasteiger partial charge on any atom is -0.482 e. The molecule has 0 aliphatic rings. The van der Waals surface area contributed by atoms with Gasteiger partial charge in [-0.25, -0.2) is 9.78 Å². The predicted octanol–water partition coefficient (Wildman–Crippen LogP) is 2.74. The fourth-order valence-corrected chi connectivity index (χ4v) is 1.03. The fraction of sp³-hybridized carbons (Fsp3) is 0.333. The molecule has 0 spiro atoms. The van der Waals surface area contributed by atoms with Crippen molar-refractivity contribution in [2.24, 2.45) is 0 Å². The van der Waals surface area contributed by atoms with Gasteiger partial charge >= 0.3 is 18.3 Å². The van der Waals surface area contributed by atoms with Gasteiger partial charge in [0.2, 0.25) is 0 Å². The van der Waals surface area contributed by atoms with Gasteiger partial charge in [-0.2, -0.15) is 26.3 Å². The lowest BCUT2D eigenvalue weighted by atomic mass is 10.2. The molecule has 0 unspecified atom stereocenters. The number of aromatic nitrogens is 1. The minimum absolute atomic E-state index is 0.155. The molecule has 0 fully saturated rings. The van der Waals surface area contributed by atoms with E-state index in [1.54, 1.807) is 0 Å². The molecule has 4 nitrogen and oxygen atoms in total. The van der Waals surface area contributed by atoms with E-state index >= 15 is 0 Å². The third-order valence-electron chi connectivity index (χ3n) is 1.77. The molecule has 1 N–H and O–H groups in total. The molecule has 0 aliphatic heterocycles. The van der Waals surface area contributed by atoms with Crippen LogP contribution in [0.4, 0.5) is 26.3 Å². The highest BCUT2D eigenvalue weighted by atomic mass is 19.4. The summed E-state index contributed by atoms with van der Waals surface area (Å²) in [4.78, 5) is 13.5. The van der Waals surface area contributed by atoms with E-state index < -0.39 is 41.9 Å². The summed E-state index contributed by atoms with van der Waals surface area (Å²) in [6, 6.07) is 0.155. The molecule has 0 saturated heterocycles. The second kappa shape index (κ2) is 4.94. The van der Waals surface area contributed by atoms with Gasteiger partial charge in [0.05, 0.1) is 5.56 Å². The molecule has 0 aliphatic carbocycles. The number of hydrogen-bond donors (Lipinski definition) is 1. The maximum Gasteiger partial charge on any atom is 0.422 e. The van der Waals surface area contributed by atoms with Gasteiger partial charge in [-0.15, -0.1) is 0 Å². The number of carboxylic acid groups (broad SMARTS) is 1. The zero-order valence-corrected chi connectivity index (χ0v) is 8.84. The van der Waals surface area contributed by atoms with Crippen LogP contribution in [0.25, 0.3) is 0 Å². The van der Waals surface area contributed by atoms with E-state index in [-0.39, 0.29) is 12.3 Å². The predicted molar refractivity (Wildman–Crippen MR) is 47.7 cm³/mol. The van der Waals surface area contributed by atoms with Crippen LogP contribution in [0.2, 0.25) is 0 Å². The third kappa shape index (κ3) is 4.30. The lowest BCUT2D eigenvalue weighted by Gasteiger charge is -2.13. The van der Waals surface area contributed by atoms with E-state index in [1.165, 1.54) is 0 Å². The van der Waals surface area contributed by atoms with Crippen molar-refractivity contribution in [3.8, 4) is 5.75 Å². The van der Waals surface area contributed by atoms with Crippen molar-refractivity contribution in [2.45, 2.75) is 12.4 Å². The molecule has 0 radical (unpaired) electrons. The second-order valence-corrected chi connectivity index (χ2v) is 3.28. The van der Waals surface area contributed by atoms with E-state index in [2.05, 4.69) is 9.72 Å². The smallest absolute Gasteiger partial charge is 0.422 e. The normalized spacial score (nSPS) is 12.3. The van der Waals surface area contributed by atoms with Crippen LogP contribution < -0.4 is 4.74 Å². The van der Waals surface area contributed by atoms with Crippen LogP contribution in [0.1, 0.15) is 16.1 Å². The molecule has 1 aromatic rings. The third-order valence-corrected chi connectivity index (χ3v) is 1.77. The maximum atomic E-state index is 12.3. The second-order valence-electron chi connectivity index (χ2n) is 3.28. The van der Waals surface area contributed by atoms with Crippen LogP contribution in [0.15, 0.2) is 12.3 Å². The maximum absolute atomic E-state index is 12.3. The standard InChI is InChI=1S/C9H5F6NO3/c10-8(11,12)3-19-5-1-4(9(13,14)15)2-16-6(5)7(17)18/h1-2H,3H2,(H,17,18). The van der Waals surface area contributed by atoms with Crippen LogP contribution in [0.3, 0.4) is 0 Å². The molecule has 19 heavy (non-hydrogen) atoms.